The standard InChI is InChI=1S/C21H20ClN3O2S/c1-3-11-25-20(27)16-10-7-14(12-18(16)24-21(25)28)19(26)23-17(4-2)13-5-8-15(22)9-6-13/h3,5-10,12,17H,1,4,11H2,2H3,(H,23,26)(H,24,28)/t17-/m0/s1. The molecule has 1 amide bonds. The number of hydrogen-bond donors (Lipinski definition) is 2. The van der Waals surface area contributed by atoms with Gasteiger partial charge in [-0.25, -0.2) is 0 Å². The van der Waals surface area contributed by atoms with E-state index in [2.05, 4.69) is 16.9 Å². The zero-order valence-electron chi connectivity index (χ0n) is 15.4. The second-order valence-electron chi connectivity index (χ2n) is 6.38. The highest BCUT2D eigenvalue weighted by Crippen LogP contribution is 2.20. The van der Waals surface area contributed by atoms with Crippen LogP contribution < -0.4 is 10.9 Å². The highest BCUT2D eigenvalue weighted by Gasteiger charge is 2.15. The molecule has 3 rings (SSSR count). The minimum Gasteiger partial charge on any atom is -0.345 e. The lowest BCUT2D eigenvalue weighted by Crippen LogP contribution is -2.28. The van der Waals surface area contributed by atoms with Gasteiger partial charge in [-0.2, -0.15) is 0 Å². The van der Waals surface area contributed by atoms with Crippen molar-refractivity contribution < 1.29 is 4.79 Å². The van der Waals surface area contributed by atoms with Gasteiger partial charge in [-0.1, -0.05) is 36.7 Å². The SMILES string of the molecule is C=CCn1c(=S)[nH]c2cc(C(=O)N[C@@H](CC)c3ccc(Cl)cc3)ccc2c1=O. The van der Waals surface area contributed by atoms with Crippen LogP contribution in [0.5, 0.6) is 0 Å². The van der Waals surface area contributed by atoms with Crippen LogP contribution in [-0.2, 0) is 6.54 Å². The summed E-state index contributed by atoms with van der Waals surface area (Å²) in [5.74, 6) is -0.224. The fourth-order valence-corrected chi connectivity index (χ4v) is 3.44. The second-order valence-corrected chi connectivity index (χ2v) is 7.20. The summed E-state index contributed by atoms with van der Waals surface area (Å²) in [4.78, 5) is 28.4. The predicted octanol–water partition coefficient (Wildman–Crippen LogP) is 4.78. The number of aromatic nitrogens is 2. The smallest absolute Gasteiger partial charge is 0.262 e. The summed E-state index contributed by atoms with van der Waals surface area (Å²) in [6.07, 6.45) is 2.34. The Morgan fingerprint density at radius 1 is 1.32 bits per heavy atom. The van der Waals surface area contributed by atoms with E-state index in [9.17, 15) is 9.59 Å². The molecule has 0 aliphatic heterocycles. The van der Waals surface area contributed by atoms with Gasteiger partial charge in [-0.3, -0.25) is 14.2 Å². The zero-order valence-corrected chi connectivity index (χ0v) is 16.9. The molecule has 7 heteroatoms. The van der Waals surface area contributed by atoms with Crippen molar-refractivity contribution in [3.8, 4) is 0 Å². The van der Waals surface area contributed by atoms with E-state index in [0.29, 0.717) is 32.8 Å². The summed E-state index contributed by atoms with van der Waals surface area (Å²) in [6.45, 7) is 5.97. The number of halogens is 1. The Hall–Kier alpha value is -2.70. The number of hydrogen-bond acceptors (Lipinski definition) is 3. The van der Waals surface area contributed by atoms with Crippen molar-refractivity contribution in [2.45, 2.75) is 25.9 Å². The molecule has 5 nitrogen and oxygen atoms in total. The maximum absolute atomic E-state index is 12.8. The largest absolute Gasteiger partial charge is 0.345 e. The van der Waals surface area contributed by atoms with Crippen molar-refractivity contribution in [2.75, 3.05) is 0 Å². The maximum atomic E-state index is 12.8. The lowest BCUT2D eigenvalue weighted by atomic mass is 10.0. The van der Waals surface area contributed by atoms with E-state index < -0.39 is 0 Å². The van der Waals surface area contributed by atoms with Gasteiger partial charge in [0, 0.05) is 17.1 Å². The average molecular weight is 414 g/mol. The van der Waals surface area contributed by atoms with Gasteiger partial charge < -0.3 is 10.3 Å². The van der Waals surface area contributed by atoms with Crippen molar-refractivity contribution in [3.63, 3.8) is 0 Å². The third-order valence-electron chi connectivity index (χ3n) is 4.54. The number of aromatic amines is 1. The maximum Gasteiger partial charge on any atom is 0.262 e. The normalized spacial score (nSPS) is 11.9. The van der Waals surface area contributed by atoms with Gasteiger partial charge >= 0.3 is 0 Å². The lowest BCUT2D eigenvalue weighted by molar-refractivity contribution is 0.0935. The molecule has 0 aliphatic carbocycles. The Labute approximate surface area is 172 Å². The second kappa shape index (κ2) is 8.54. The molecule has 0 bridgehead atoms. The summed E-state index contributed by atoms with van der Waals surface area (Å²) in [5, 5.41) is 4.14. The molecule has 0 saturated heterocycles. The van der Waals surface area contributed by atoms with Crippen LogP contribution in [0.15, 0.2) is 59.9 Å². The molecule has 0 radical (unpaired) electrons. The fraction of sp³-hybridized carbons (Fsp3) is 0.190. The number of carbonyl (C=O) groups excluding carboxylic acids is 1. The molecule has 144 valence electrons. The summed E-state index contributed by atoms with van der Waals surface area (Å²) in [7, 11) is 0. The third-order valence-corrected chi connectivity index (χ3v) is 5.12. The average Bonchev–Trinajstić information content (AvgIpc) is 2.69. The molecule has 0 aliphatic rings. The van der Waals surface area contributed by atoms with E-state index in [4.69, 9.17) is 23.8 Å². The summed E-state index contributed by atoms with van der Waals surface area (Å²) < 4.78 is 1.72. The highest BCUT2D eigenvalue weighted by atomic mass is 35.5. The van der Waals surface area contributed by atoms with E-state index in [1.807, 2.05) is 19.1 Å². The molecule has 28 heavy (non-hydrogen) atoms. The van der Waals surface area contributed by atoms with E-state index in [1.54, 1.807) is 36.4 Å². The van der Waals surface area contributed by atoms with Crippen LogP contribution in [0, 0.1) is 4.77 Å². The molecule has 0 unspecified atom stereocenters. The van der Waals surface area contributed by atoms with E-state index >= 15 is 0 Å². The summed E-state index contributed by atoms with van der Waals surface area (Å²) in [5.41, 5.74) is 1.75. The first kappa shape index (κ1) is 20.0. The van der Waals surface area contributed by atoms with E-state index in [-0.39, 0.29) is 17.5 Å². The van der Waals surface area contributed by atoms with Crippen molar-refractivity contribution in [2.24, 2.45) is 0 Å². The minimum absolute atomic E-state index is 0.139. The molecule has 0 fully saturated rings. The number of H-pyrrole nitrogens is 1. The Kier molecular flexibility index (Phi) is 6.11. The molecule has 0 spiro atoms. The Balaban J connectivity index is 1.92. The van der Waals surface area contributed by atoms with Gasteiger partial charge in [0.1, 0.15) is 0 Å². The monoisotopic (exact) mass is 413 g/mol. The summed E-state index contributed by atoms with van der Waals surface area (Å²) >= 11 is 11.2. The van der Waals surface area contributed by atoms with Crippen LogP contribution in [0.4, 0.5) is 0 Å². The molecule has 0 saturated carbocycles. The number of allylic oxidation sites excluding steroid dienone is 1. The summed E-state index contributed by atoms with van der Waals surface area (Å²) in [6, 6.07) is 12.2. The van der Waals surface area contributed by atoms with E-state index in [1.165, 1.54) is 4.57 Å². The quantitative estimate of drug-likeness (QED) is 0.451. The van der Waals surface area contributed by atoms with Crippen molar-refractivity contribution in [1.82, 2.24) is 14.9 Å². The topological polar surface area (TPSA) is 66.9 Å². The molecular formula is C21H20ClN3O2S. The molecule has 2 aromatic carbocycles. The molecular weight excluding hydrogens is 394 g/mol. The number of rotatable bonds is 6. The van der Waals surface area contributed by atoms with Crippen molar-refractivity contribution in [3.05, 3.63) is 86.4 Å². The third kappa shape index (κ3) is 4.08. The van der Waals surface area contributed by atoms with Crippen LogP contribution in [-0.4, -0.2) is 15.5 Å². The number of fused-ring (bicyclic) bond motifs is 1. The highest BCUT2D eigenvalue weighted by molar-refractivity contribution is 7.71. The predicted molar refractivity (Wildman–Crippen MR) is 116 cm³/mol. The van der Waals surface area contributed by atoms with Gasteiger partial charge in [0.15, 0.2) is 4.77 Å². The van der Waals surface area contributed by atoms with Crippen molar-refractivity contribution in [1.29, 1.82) is 0 Å². The van der Waals surface area contributed by atoms with Gasteiger partial charge in [0.2, 0.25) is 0 Å². The number of benzene rings is 2. The number of carbonyl (C=O) groups is 1. The first-order valence-corrected chi connectivity index (χ1v) is 9.67. The van der Waals surface area contributed by atoms with Crippen LogP contribution in [0.1, 0.15) is 35.3 Å². The van der Waals surface area contributed by atoms with Crippen LogP contribution in [0.3, 0.4) is 0 Å². The van der Waals surface area contributed by atoms with Crippen LogP contribution >= 0.6 is 23.8 Å². The van der Waals surface area contributed by atoms with Gasteiger partial charge in [0.05, 0.1) is 16.9 Å². The molecule has 3 aromatic rings. The minimum atomic E-state index is -0.224. The van der Waals surface area contributed by atoms with Crippen LogP contribution in [0.2, 0.25) is 5.02 Å². The number of nitrogens with one attached hydrogen (secondary N) is 2. The molecule has 1 heterocycles. The first-order chi connectivity index (χ1) is 13.4. The number of amides is 1. The van der Waals surface area contributed by atoms with Gasteiger partial charge in [-0.15, -0.1) is 6.58 Å². The molecule has 1 aromatic heterocycles. The Morgan fingerprint density at radius 3 is 2.68 bits per heavy atom. The Bertz CT molecular complexity index is 1150. The fourth-order valence-electron chi connectivity index (χ4n) is 3.05. The van der Waals surface area contributed by atoms with E-state index in [0.717, 1.165) is 12.0 Å². The van der Waals surface area contributed by atoms with Gasteiger partial charge in [-0.05, 0) is 54.5 Å². The Morgan fingerprint density at radius 2 is 2.04 bits per heavy atom. The number of nitrogens with zero attached hydrogens (tertiary/aromatic N) is 1. The van der Waals surface area contributed by atoms with Crippen molar-refractivity contribution >= 4 is 40.6 Å². The zero-order chi connectivity index (χ0) is 20.3. The van der Waals surface area contributed by atoms with Crippen LogP contribution in [0.25, 0.3) is 10.9 Å². The first-order valence-electron chi connectivity index (χ1n) is 8.88. The molecule has 2 N–H and O–H groups in total. The lowest BCUT2D eigenvalue weighted by Gasteiger charge is -2.18. The van der Waals surface area contributed by atoms with Gasteiger partial charge in [0.25, 0.3) is 11.5 Å². The molecule has 1 atom stereocenters.